The molecule has 0 heterocycles. The van der Waals surface area contributed by atoms with Crippen LogP contribution in [0.4, 0.5) is 21.0 Å². The minimum Gasteiger partial charge on any atom is -0.306 e. The van der Waals surface area contributed by atoms with Gasteiger partial charge in [0.25, 0.3) is 0 Å². The summed E-state index contributed by atoms with van der Waals surface area (Å²) in [6, 6.07) is 4.65. The van der Waals surface area contributed by atoms with E-state index in [1.54, 1.807) is 0 Å². The summed E-state index contributed by atoms with van der Waals surface area (Å²) in [5.74, 6) is 0.594. The highest BCUT2D eigenvalue weighted by molar-refractivity contribution is 6.18. The molecule has 0 atom stereocenters. The molecule has 0 saturated carbocycles. The van der Waals surface area contributed by atoms with Gasteiger partial charge in [0.1, 0.15) is 0 Å². The third-order valence-corrected chi connectivity index (χ3v) is 3.60. The normalized spacial score (nSPS) is 9.92. The van der Waals surface area contributed by atoms with Crippen molar-refractivity contribution in [3.8, 4) is 0 Å². The quantitative estimate of drug-likeness (QED) is 0.347. The number of benzene rings is 1. The SMILES string of the molecule is O=NN(CCCCl)C(=O)Nc1ccc(NC(=O)N(CCCCl)N=O)cc1. The summed E-state index contributed by atoms with van der Waals surface area (Å²) in [6.45, 7) is 0.202. The fraction of sp³-hybridized carbons (Fsp3) is 0.429. The molecule has 0 radical (unpaired) electrons. The van der Waals surface area contributed by atoms with Gasteiger partial charge in [0, 0.05) is 23.1 Å². The molecule has 1 rings (SSSR count). The number of carbonyl (C=O) groups excluding carboxylic acids is 2. The van der Waals surface area contributed by atoms with Crippen LogP contribution in [-0.2, 0) is 0 Å². The lowest BCUT2D eigenvalue weighted by molar-refractivity contribution is 0.212. The maximum Gasteiger partial charge on any atom is 0.344 e. The lowest BCUT2D eigenvalue weighted by Crippen LogP contribution is -2.31. The molecule has 1 aromatic rings. The molecule has 0 unspecified atom stereocenters. The van der Waals surface area contributed by atoms with Gasteiger partial charge in [0.05, 0.1) is 23.7 Å². The summed E-state index contributed by atoms with van der Waals surface area (Å²) in [7, 11) is 0. The summed E-state index contributed by atoms with van der Waals surface area (Å²) in [5, 5.41) is 11.7. The number of carbonyl (C=O) groups is 2. The Bertz CT molecular complexity index is 563. The van der Waals surface area contributed by atoms with Crippen molar-refractivity contribution in [3.63, 3.8) is 0 Å². The van der Waals surface area contributed by atoms with E-state index in [2.05, 4.69) is 21.2 Å². The molecule has 10 nitrogen and oxygen atoms in total. The first-order valence-electron chi connectivity index (χ1n) is 7.61. The van der Waals surface area contributed by atoms with Crippen LogP contribution in [0.1, 0.15) is 12.8 Å². The Balaban J connectivity index is 2.62. The van der Waals surface area contributed by atoms with E-state index in [0.717, 1.165) is 10.0 Å². The number of nitrogens with one attached hydrogen (secondary N) is 2. The van der Waals surface area contributed by atoms with Gasteiger partial charge in [-0.05, 0) is 37.1 Å². The van der Waals surface area contributed by atoms with Gasteiger partial charge in [-0.3, -0.25) is 0 Å². The molecule has 0 bridgehead atoms. The van der Waals surface area contributed by atoms with Crippen molar-refractivity contribution in [3.05, 3.63) is 34.1 Å². The Hall–Kier alpha value is -2.46. The van der Waals surface area contributed by atoms with Crippen molar-refractivity contribution in [1.29, 1.82) is 0 Å². The lowest BCUT2D eigenvalue weighted by Gasteiger charge is -2.15. The fourth-order valence-electron chi connectivity index (χ4n) is 1.79. The molecule has 0 aliphatic heterocycles. The molecule has 0 aliphatic carbocycles. The van der Waals surface area contributed by atoms with Gasteiger partial charge in [-0.25, -0.2) is 9.59 Å². The Morgan fingerprint density at radius 1 is 0.808 bits per heavy atom. The van der Waals surface area contributed by atoms with Gasteiger partial charge in [-0.1, -0.05) is 0 Å². The minimum atomic E-state index is -0.695. The molecule has 1 aromatic carbocycles. The third-order valence-electron chi connectivity index (χ3n) is 3.06. The number of rotatable bonds is 10. The van der Waals surface area contributed by atoms with E-state index in [1.807, 2.05) is 0 Å². The van der Waals surface area contributed by atoms with Crippen LogP contribution in [-0.4, -0.2) is 46.9 Å². The van der Waals surface area contributed by atoms with E-state index < -0.39 is 12.1 Å². The van der Waals surface area contributed by atoms with Crippen LogP contribution in [0.15, 0.2) is 34.8 Å². The molecular formula is C14H18Cl2N6O4. The minimum absolute atomic E-state index is 0.101. The van der Waals surface area contributed by atoms with Crippen LogP contribution >= 0.6 is 23.2 Å². The number of anilines is 2. The highest BCUT2D eigenvalue weighted by atomic mass is 35.5. The highest BCUT2D eigenvalue weighted by Gasteiger charge is 2.15. The summed E-state index contributed by atoms with van der Waals surface area (Å²) < 4.78 is 0. The first-order chi connectivity index (χ1) is 12.5. The zero-order valence-electron chi connectivity index (χ0n) is 13.7. The first kappa shape index (κ1) is 21.6. The van der Waals surface area contributed by atoms with Crippen molar-refractivity contribution >= 4 is 46.6 Å². The largest absolute Gasteiger partial charge is 0.344 e. The average molecular weight is 405 g/mol. The standard InChI is InChI=1S/C14H18Cl2N6O4/c15-7-1-9-21(19-25)13(23)17-11-3-5-12(6-4-11)18-14(24)22(20-26)10-2-8-16/h3-6H,1-2,7-10H2,(H,17,23)(H,18,24). The van der Waals surface area contributed by atoms with Crippen LogP contribution in [0.3, 0.4) is 0 Å². The van der Waals surface area contributed by atoms with Crippen molar-refractivity contribution in [2.24, 2.45) is 10.6 Å². The highest BCUT2D eigenvalue weighted by Crippen LogP contribution is 2.15. The van der Waals surface area contributed by atoms with Crippen LogP contribution in [0, 0.1) is 9.81 Å². The van der Waals surface area contributed by atoms with E-state index in [4.69, 9.17) is 23.2 Å². The molecule has 26 heavy (non-hydrogen) atoms. The molecule has 12 heteroatoms. The average Bonchev–Trinajstić information content (AvgIpc) is 2.64. The maximum absolute atomic E-state index is 11.9. The Labute approximate surface area is 159 Å². The Morgan fingerprint density at radius 3 is 1.42 bits per heavy atom. The van der Waals surface area contributed by atoms with E-state index >= 15 is 0 Å². The molecular weight excluding hydrogens is 387 g/mol. The number of nitroso groups, excluding NO2 is 2. The van der Waals surface area contributed by atoms with E-state index in [-0.39, 0.29) is 13.1 Å². The summed E-state index contributed by atoms with van der Waals surface area (Å²) >= 11 is 11.0. The molecule has 0 aliphatic rings. The third kappa shape index (κ3) is 7.19. The number of nitrogens with zero attached hydrogens (tertiary/aromatic N) is 4. The van der Waals surface area contributed by atoms with E-state index in [0.29, 0.717) is 36.0 Å². The molecule has 0 saturated heterocycles. The zero-order valence-corrected chi connectivity index (χ0v) is 15.2. The molecule has 0 fully saturated rings. The zero-order chi connectivity index (χ0) is 19.4. The monoisotopic (exact) mass is 404 g/mol. The molecule has 2 N–H and O–H groups in total. The topological polar surface area (TPSA) is 124 Å². The van der Waals surface area contributed by atoms with Gasteiger partial charge in [-0.2, -0.15) is 10.0 Å². The van der Waals surface area contributed by atoms with Gasteiger partial charge < -0.3 is 10.6 Å². The fourth-order valence-corrected chi connectivity index (χ4v) is 2.03. The van der Waals surface area contributed by atoms with Crippen LogP contribution in [0.5, 0.6) is 0 Å². The van der Waals surface area contributed by atoms with Crippen molar-refractivity contribution in [2.45, 2.75) is 12.8 Å². The van der Waals surface area contributed by atoms with E-state index in [1.165, 1.54) is 24.3 Å². The number of hydrogen-bond acceptors (Lipinski definition) is 6. The number of alkyl halides is 2. The Morgan fingerprint density at radius 2 is 1.15 bits per heavy atom. The smallest absolute Gasteiger partial charge is 0.306 e. The van der Waals surface area contributed by atoms with Crippen molar-refractivity contribution in [1.82, 2.24) is 10.0 Å². The van der Waals surface area contributed by atoms with Crippen LogP contribution in [0.25, 0.3) is 0 Å². The molecule has 4 amide bonds. The summed E-state index contributed by atoms with van der Waals surface area (Å²) in [4.78, 5) is 45.1. The summed E-state index contributed by atoms with van der Waals surface area (Å²) in [5.41, 5.74) is 0.778. The molecule has 0 aromatic heterocycles. The first-order valence-corrected chi connectivity index (χ1v) is 8.68. The summed E-state index contributed by atoms with van der Waals surface area (Å²) in [6.07, 6.45) is 0.855. The lowest BCUT2D eigenvalue weighted by atomic mass is 10.3. The number of amides is 4. The second kappa shape index (κ2) is 12.0. The van der Waals surface area contributed by atoms with Gasteiger partial charge in [0.15, 0.2) is 0 Å². The second-order valence-electron chi connectivity index (χ2n) is 4.93. The van der Waals surface area contributed by atoms with Crippen LogP contribution < -0.4 is 10.6 Å². The number of halogens is 2. The predicted molar refractivity (Wildman–Crippen MR) is 100 cm³/mol. The number of hydrogen-bond donors (Lipinski definition) is 2. The van der Waals surface area contributed by atoms with Crippen molar-refractivity contribution < 1.29 is 9.59 Å². The number of urea groups is 2. The molecule has 0 spiro atoms. The van der Waals surface area contributed by atoms with E-state index in [9.17, 15) is 19.4 Å². The molecule has 142 valence electrons. The van der Waals surface area contributed by atoms with Gasteiger partial charge in [0.2, 0.25) is 0 Å². The predicted octanol–water partition coefficient (Wildman–Crippen LogP) is 3.98. The van der Waals surface area contributed by atoms with Gasteiger partial charge >= 0.3 is 12.1 Å². The maximum atomic E-state index is 11.9. The second-order valence-corrected chi connectivity index (χ2v) is 5.69. The van der Waals surface area contributed by atoms with Gasteiger partial charge in [-0.15, -0.1) is 33.0 Å². The van der Waals surface area contributed by atoms with Crippen LogP contribution in [0.2, 0.25) is 0 Å². The Kier molecular flexibility index (Phi) is 9.95. The van der Waals surface area contributed by atoms with Crippen molar-refractivity contribution in [2.75, 3.05) is 35.5 Å².